The molecule has 1 aliphatic rings. The van der Waals surface area contributed by atoms with Crippen LogP contribution < -0.4 is 5.73 Å². The minimum absolute atomic E-state index is 0.00343. The molecule has 10 heteroatoms. The Kier molecular flexibility index (Phi) is 7.51. The fourth-order valence-electron chi connectivity index (χ4n) is 5.29. The van der Waals surface area contributed by atoms with Crippen LogP contribution in [0.5, 0.6) is 0 Å². The summed E-state index contributed by atoms with van der Waals surface area (Å²) in [5, 5.41) is 18.5. The van der Waals surface area contributed by atoms with E-state index in [1.165, 1.54) is 6.07 Å². The van der Waals surface area contributed by atoms with E-state index in [4.69, 9.17) is 10.2 Å². The first-order valence-corrected chi connectivity index (χ1v) is 15.2. The molecule has 0 aliphatic carbocycles. The molecule has 0 saturated carbocycles. The fraction of sp³-hybridized carbons (Fsp3) is 0.290. The zero-order chi connectivity index (χ0) is 29.4. The van der Waals surface area contributed by atoms with Gasteiger partial charge in [-0.3, -0.25) is 4.79 Å². The van der Waals surface area contributed by atoms with Crippen molar-refractivity contribution in [1.82, 2.24) is 15.1 Å². The van der Waals surface area contributed by atoms with Crippen molar-refractivity contribution in [3.8, 4) is 28.7 Å². The number of sulfone groups is 1. The number of nitriles is 1. The van der Waals surface area contributed by atoms with Crippen LogP contribution in [-0.2, 0) is 21.8 Å². The molecule has 2 N–H and O–H groups in total. The Balaban J connectivity index is 1.62. The zero-order valence-electron chi connectivity index (χ0n) is 23.2. The Bertz CT molecular complexity index is 1760. The average molecular weight is 570 g/mol. The maximum Gasteiger partial charge on any atom is 0.254 e. The number of carbonyl (C=O) groups excluding carboxylic acids is 1. The van der Waals surface area contributed by atoms with E-state index in [0.717, 1.165) is 24.7 Å². The van der Waals surface area contributed by atoms with Gasteiger partial charge in [0.25, 0.3) is 5.91 Å². The first kappa shape index (κ1) is 28.2. The predicted molar refractivity (Wildman–Crippen MR) is 154 cm³/mol. The summed E-state index contributed by atoms with van der Waals surface area (Å²) in [5.41, 5.74) is 8.37. The van der Waals surface area contributed by atoms with Gasteiger partial charge < -0.3 is 15.1 Å². The lowest BCUT2D eigenvalue weighted by atomic mass is 9.94. The summed E-state index contributed by atoms with van der Waals surface area (Å²) in [4.78, 5) is 15.4. The third-order valence-electron chi connectivity index (χ3n) is 7.42. The van der Waals surface area contributed by atoms with E-state index in [0.29, 0.717) is 35.2 Å². The molecule has 3 aromatic carbocycles. The Morgan fingerprint density at radius 3 is 2.51 bits per heavy atom. The van der Waals surface area contributed by atoms with Crippen molar-refractivity contribution >= 4 is 15.7 Å². The van der Waals surface area contributed by atoms with Gasteiger partial charge in [-0.1, -0.05) is 42.5 Å². The van der Waals surface area contributed by atoms with Crippen LogP contribution >= 0.6 is 0 Å². The van der Waals surface area contributed by atoms with E-state index >= 15 is 0 Å². The molecule has 210 valence electrons. The number of rotatable bonds is 7. The van der Waals surface area contributed by atoms with Crippen LogP contribution in [0.2, 0.25) is 0 Å². The molecule has 1 saturated heterocycles. The molecule has 1 amide bonds. The van der Waals surface area contributed by atoms with E-state index in [1.807, 2.05) is 55.1 Å². The number of nitrogens with zero attached hydrogens (tertiary/aromatic N) is 4. The van der Waals surface area contributed by atoms with Crippen molar-refractivity contribution in [1.29, 1.82) is 5.26 Å². The second-order valence-electron chi connectivity index (χ2n) is 10.8. The van der Waals surface area contributed by atoms with Crippen molar-refractivity contribution in [3.63, 3.8) is 0 Å². The van der Waals surface area contributed by atoms with Gasteiger partial charge in [0.2, 0.25) is 11.8 Å². The Labute approximate surface area is 239 Å². The third-order valence-corrected chi connectivity index (χ3v) is 8.56. The lowest BCUT2D eigenvalue weighted by Gasteiger charge is -2.22. The third kappa shape index (κ3) is 5.78. The molecular weight excluding hydrogens is 538 g/mol. The topological polar surface area (TPSA) is 143 Å². The SMILES string of the molecule is CC1CCCN1C(=O)c1cc(-c2nnc([C@](C)(N)Cc3ccccc3)o2)cc(-c2cccc(S(C)(=O)=O)c2C#N)c1. The summed E-state index contributed by atoms with van der Waals surface area (Å²) < 4.78 is 31.0. The number of benzene rings is 3. The number of carbonyl (C=O) groups is 1. The highest BCUT2D eigenvalue weighted by Gasteiger charge is 2.30. The molecule has 41 heavy (non-hydrogen) atoms. The second-order valence-corrected chi connectivity index (χ2v) is 12.8. The summed E-state index contributed by atoms with van der Waals surface area (Å²) in [6.45, 7) is 4.47. The van der Waals surface area contributed by atoms with Gasteiger partial charge in [0.1, 0.15) is 6.07 Å². The van der Waals surface area contributed by atoms with E-state index in [1.54, 1.807) is 30.3 Å². The first-order valence-electron chi connectivity index (χ1n) is 13.3. The quantitative estimate of drug-likeness (QED) is 0.337. The maximum absolute atomic E-state index is 13.7. The highest BCUT2D eigenvalue weighted by molar-refractivity contribution is 7.90. The van der Waals surface area contributed by atoms with Gasteiger partial charge in [0.05, 0.1) is 16.0 Å². The van der Waals surface area contributed by atoms with Crippen molar-refractivity contribution in [2.75, 3.05) is 12.8 Å². The number of amides is 1. The zero-order valence-corrected chi connectivity index (χ0v) is 24.0. The number of aromatic nitrogens is 2. The normalized spacial score (nSPS) is 16.8. The molecule has 5 rings (SSSR count). The Morgan fingerprint density at radius 2 is 1.85 bits per heavy atom. The standard InChI is InChI=1S/C31H31N5O4S/c1-20-9-8-14-36(20)29(37)24-16-22(25-12-7-13-27(26(25)19-32)41(3,38)39)15-23(17-24)28-34-35-30(40-28)31(2,33)18-21-10-5-4-6-11-21/h4-7,10-13,15-17,20H,8-9,14,18,33H2,1-3H3/t20?,31-/m1/s1. The summed E-state index contributed by atoms with van der Waals surface area (Å²) in [5.74, 6) is 0.232. The van der Waals surface area contributed by atoms with Crippen molar-refractivity contribution < 1.29 is 17.6 Å². The molecule has 1 aromatic heterocycles. The van der Waals surface area contributed by atoms with E-state index in [-0.39, 0.29) is 34.2 Å². The largest absolute Gasteiger partial charge is 0.419 e. The van der Waals surface area contributed by atoms with Gasteiger partial charge in [-0.2, -0.15) is 5.26 Å². The van der Waals surface area contributed by atoms with Crippen molar-refractivity contribution in [3.05, 3.63) is 89.3 Å². The summed E-state index contributed by atoms with van der Waals surface area (Å²) in [7, 11) is -3.68. The van der Waals surface area contributed by atoms with Gasteiger partial charge in [0.15, 0.2) is 9.84 Å². The molecule has 2 atom stereocenters. The van der Waals surface area contributed by atoms with E-state index < -0.39 is 15.4 Å². The van der Waals surface area contributed by atoms with Crippen LogP contribution in [0.3, 0.4) is 0 Å². The fourth-order valence-corrected chi connectivity index (χ4v) is 6.15. The molecule has 4 aromatic rings. The number of hydrogen-bond acceptors (Lipinski definition) is 8. The van der Waals surface area contributed by atoms with Crippen LogP contribution in [0.15, 0.2) is 76.0 Å². The highest BCUT2D eigenvalue weighted by atomic mass is 32.2. The lowest BCUT2D eigenvalue weighted by Crippen LogP contribution is -2.35. The van der Waals surface area contributed by atoms with E-state index in [2.05, 4.69) is 10.2 Å². The maximum atomic E-state index is 13.7. The molecule has 9 nitrogen and oxygen atoms in total. The molecule has 1 fully saturated rings. The monoisotopic (exact) mass is 569 g/mol. The highest BCUT2D eigenvalue weighted by Crippen LogP contribution is 2.34. The minimum atomic E-state index is -3.68. The number of nitrogens with two attached hydrogens (primary N) is 1. The van der Waals surface area contributed by atoms with Gasteiger partial charge in [0, 0.05) is 35.5 Å². The molecule has 1 aliphatic heterocycles. The molecule has 2 heterocycles. The molecule has 0 bridgehead atoms. The first-order chi connectivity index (χ1) is 19.5. The molecule has 0 spiro atoms. The molecule has 0 radical (unpaired) electrons. The van der Waals surface area contributed by atoms with Crippen LogP contribution in [0.25, 0.3) is 22.6 Å². The Hall–Kier alpha value is -4.33. The van der Waals surface area contributed by atoms with E-state index in [9.17, 15) is 18.5 Å². The summed E-state index contributed by atoms with van der Waals surface area (Å²) in [6, 6.07) is 21.6. The van der Waals surface area contributed by atoms with Gasteiger partial charge in [-0.25, -0.2) is 8.42 Å². The lowest BCUT2D eigenvalue weighted by molar-refractivity contribution is 0.0747. The minimum Gasteiger partial charge on any atom is -0.419 e. The van der Waals surface area contributed by atoms with Crippen LogP contribution in [-0.4, -0.2) is 48.3 Å². The van der Waals surface area contributed by atoms with Gasteiger partial charge >= 0.3 is 0 Å². The smallest absolute Gasteiger partial charge is 0.254 e. The Morgan fingerprint density at radius 1 is 1.12 bits per heavy atom. The predicted octanol–water partition coefficient (Wildman–Crippen LogP) is 4.72. The van der Waals surface area contributed by atoms with Crippen molar-refractivity contribution in [2.45, 2.75) is 49.6 Å². The second kappa shape index (κ2) is 10.9. The van der Waals surface area contributed by atoms with Gasteiger partial charge in [-0.05, 0) is 68.5 Å². The molecule has 1 unspecified atom stereocenters. The molecular formula is C31H31N5O4S. The summed E-state index contributed by atoms with van der Waals surface area (Å²) >= 11 is 0. The van der Waals surface area contributed by atoms with Crippen LogP contribution in [0.1, 0.15) is 54.1 Å². The average Bonchev–Trinajstić information content (AvgIpc) is 3.62. The number of likely N-dealkylation sites (tertiary alicyclic amines) is 1. The van der Waals surface area contributed by atoms with Crippen LogP contribution in [0.4, 0.5) is 0 Å². The summed E-state index contributed by atoms with van der Waals surface area (Å²) in [6.07, 6.45) is 3.36. The van der Waals surface area contributed by atoms with Crippen molar-refractivity contribution in [2.24, 2.45) is 5.73 Å². The van der Waals surface area contributed by atoms with Crippen LogP contribution in [0, 0.1) is 11.3 Å². The number of hydrogen-bond donors (Lipinski definition) is 1. The van der Waals surface area contributed by atoms with Gasteiger partial charge in [-0.15, -0.1) is 10.2 Å².